The van der Waals surface area contributed by atoms with Crippen molar-refractivity contribution < 1.29 is 29.1 Å². The Morgan fingerprint density at radius 1 is 0.848 bits per heavy atom. The summed E-state index contributed by atoms with van der Waals surface area (Å²) in [6, 6.07) is 13.1. The zero-order valence-electron chi connectivity index (χ0n) is 26.7. The smallest absolute Gasteiger partial charge is 0.326 e. The number of benzene rings is 2. The minimum atomic E-state index is -1.22. The van der Waals surface area contributed by atoms with E-state index in [1.54, 1.807) is 62.4 Å². The van der Waals surface area contributed by atoms with E-state index in [4.69, 9.17) is 11.5 Å². The predicted octanol–water partition coefficient (Wildman–Crippen LogP) is 1.11. The standard InChI is InChI=1S/C34H48N6O6/c1-22(2)29(39-31(42)28-17-11-19-40(28)33(44)25(36)16-9-10-18-35)32(43)37-26(20-23-12-5-3-6-13-23)30(41)38-27(34(45)46)21-24-14-7-4-8-15-24/h3-8,12-15,22,25-29H,9-11,16-21,35-36H2,1-2H3,(H,37,43)(H,38,41)(H,39,42)(H,45,46)/t25-,26-,27-,28-,29-/m0/s1. The molecule has 46 heavy (non-hydrogen) atoms. The number of rotatable bonds is 17. The Balaban J connectivity index is 1.74. The molecule has 1 heterocycles. The highest BCUT2D eigenvalue weighted by Crippen LogP contribution is 2.20. The molecular weight excluding hydrogens is 588 g/mol. The van der Waals surface area contributed by atoms with Gasteiger partial charge < -0.3 is 37.4 Å². The van der Waals surface area contributed by atoms with Crippen LogP contribution in [0.4, 0.5) is 0 Å². The van der Waals surface area contributed by atoms with Gasteiger partial charge in [0.25, 0.3) is 0 Å². The van der Waals surface area contributed by atoms with Gasteiger partial charge in [-0.25, -0.2) is 4.79 Å². The van der Waals surface area contributed by atoms with Gasteiger partial charge in [-0.05, 0) is 49.3 Å². The quantitative estimate of drug-likeness (QED) is 0.139. The number of hydrogen-bond acceptors (Lipinski definition) is 7. The van der Waals surface area contributed by atoms with E-state index in [1.165, 1.54) is 4.90 Å². The minimum Gasteiger partial charge on any atom is -0.480 e. The lowest BCUT2D eigenvalue weighted by atomic mass is 9.99. The Kier molecular flexibility index (Phi) is 14.2. The number of carbonyl (C=O) groups excluding carboxylic acids is 4. The van der Waals surface area contributed by atoms with Crippen LogP contribution in [0.15, 0.2) is 60.7 Å². The van der Waals surface area contributed by atoms with Crippen LogP contribution >= 0.6 is 0 Å². The second kappa shape index (κ2) is 18.0. The van der Waals surface area contributed by atoms with Crippen LogP contribution in [-0.2, 0) is 36.8 Å². The molecule has 1 aliphatic rings. The van der Waals surface area contributed by atoms with E-state index in [1.807, 2.05) is 12.1 Å². The molecule has 1 saturated heterocycles. The molecule has 8 N–H and O–H groups in total. The minimum absolute atomic E-state index is 0.0614. The molecule has 0 unspecified atom stereocenters. The van der Waals surface area contributed by atoms with Crippen LogP contribution in [0.25, 0.3) is 0 Å². The number of nitrogens with zero attached hydrogens (tertiary/aromatic N) is 1. The molecule has 0 bridgehead atoms. The van der Waals surface area contributed by atoms with Gasteiger partial charge in [-0.1, -0.05) is 80.9 Å². The first-order valence-electron chi connectivity index (χ1n) is 16.0. The fourth-order valence-corrected chi connectivity index (χ4v) is 5.58. The Hall–Kier alpha value is -4.29. The maximum atomic E-state index is 13.7. The highest BCUT2D eigenvalue weighted by atomic mass is 16.4. The Morgan fingerprint density at radius 3 is 1.96 bits per heavy atom. The highest BCUT2D eigenvalue weighted by Gasteiger charge is 2.38. The van der Waals surface area contributed by atoms with Gasteiger partial charge >= 0.3 is 5.97 Å². The van der Waals surface area contributed by atoms with Crippen molar-refractivity contribution in [2.45, 2.75) is 89.0 Å². The van der Waals surface area contributed by atoms with Gasteiger partial charge in [-0.15, -0.1) is 0 Å². The third-order valence-corrected chi connectivity index (χ3v) is 8.18. The first-order chi connectivity index (χ1) is 22.0. The van der Waals surface area contributed by atoms with Gasteiger partial charge in [0, 0.05) is 19.4 Å². The summed E-state index contributed by atoms with van der Waals surface area (Å²) in [6.45, 7) is 4.44. The lowest BCUT2D eigenvalue weighted by molar-refractivity contribution is -0.142. The largest absolute Gasteiger partial charge is 0.480 e. The number of hydrogen-bond donors (Lipinski definition) is 6. The zero-order chi connectivity index (χ0) is 33.6. The van der Waals surface area contributed by atoms with E-state index in [0.29, 0.717) is 38.8 Å². The van der Waals surface area contributed by atoms with Gasteiger partial charge in [0.15, 0.2) is 0 Å². The van der Waals surface area contributed by atoms with Crippen molar-refractivity contribution in [1.29, 1.82) is 0 Å². The van der Waals surface area contributed by atoms with Crippen molar-refractivity contribution in [3.8, 4) is 0 Å². The first kappa shape index (κ1) is 36.2. The Morgan fingerprint density at radius 2 is 1.41 bits per heavy atom. The normalized spacial score (nSPS) is 17.1. The summed E-state index contributed by atoms with van der Waals surface area (Å²) >= 11 is 0. The summed E-state index contributed by atoms with van der Waals surface area (Å²) in [5, 5.41) is 18.0. The van der Waals surface area contributed by atoms with E-state index in [2.05, 4.69) is 16.0 Å². The van der Waals surface area contributed by atoms with Crippen LogP contribution in [0.3, 0.4) is 0 Å². The number of unbranched alkanes of at least 4 members (excludes halogenated alkanes) is 1. The molecule has 2 aromatic rings. The molecule has 2 aromatic carbocycles. The molecule has 12 heteroatoms. The highest BCUT2D eigenvalue weighted by molar-refractivity contribution is 5.96. The predicted molar refractivity (Wildman–Crippen MR) is 174 cm³/mol. The maximum absolute atomic E-state index is 13.7. The van der Waals surface area contributed by atoms with E-state index in [9.17, 15) is 29.1 Å². The molecule has 250 valence electrons. The van der Waals surface area contributed by atoms with Crippen molar-refractivity contribution in [1.82, 2.24) is 20.9 Å². The SMILES string of the molecule is CC(C)[C@H](NC(=O)[C@@H]1CCCN1C(=O)[C@@H](N)CCCCN)C(=O)N[C@@H](Cc1ccccc1)C(=O)N[C@@H](Cc1ccccc1)C(=O)O. The fourth-order valence-electron chi connectivity index (χ4n) is 5.58. The average Bonchev–Trinajstić information content (AvgIpc) is 3.53. The Labute approximate surface area is 270 Å². The number of nitrogens with one attached hydrogen (secondary N) is 3. The number of amides is 4. The van der Waals surface area contributed by atoms with Crippen molar-refractivity contribution in [2.24, 2.45) is 17.4 Å². The molecule has 4 amide bonds. The molecule has 0 aliphatic carbocycles. The molecule has 3 rings (SSSR count). The second-order valence-corrected chi connectivity index (χ2v) is 12.2. The van der Waals surface area contributed by atoms with E-state index >= 15 is 0 Å². The van der Waals surface area contributed by atoms with Crippen LogP contribution in [-0.4, -0.2) is 82.9 Å². The van der Waals surface area contributed by atoms with Crippen molar-refractivity contribution >= 4 is 29.6 Å². The van der Waals surface area contributed by atoms with Gasteiger partial charge in [-0.3, -0.25) is 19.2 Å². The van der Waals surface area contributed by atoms with Crippen LogP contribution in [0.1, 0.15) is 57.1 Å². The molecule has 5 atom stereocenters. The van der Waals surface area contributed by atoms with Gasteiger partial charge in [0.1, 0.15) is 24.2 Å². The number of aliphatic carboxylic acids is 1. The molecule has 0 spiro atoms. The first-order valence-corrected chi connectivity index (χ1v) is 16.0. The zero-order valence-corrected chi connectivity index (χ0v) is 26.7. The second-order valence-electron chi connectivity index (χ2n) is 12.2. The summed E-state index contributed by atoms with van der Waals surface area (Å²) in [6.07, 6.45) is 3.16. The number of carboxylic acid groups (broad SMARTS) is 1. The monoisotopic (exact) mass is 636 g/mol. The molecule has 12 nitrogen and oxygen atoms in total. The number of nitrogens with two attached hydrogens (primary N) is 2. The number of carboxylic acids is 1. The molecule has 0 aromatic heterocycles. The van der Waals surface area contributed by atoms with Gasteiger partial charge in [-0.2, -0.15) is 0 Å². The summed E-state index contributed by atoms with van der Waals surface area (Å²) in [4.78, 5) is 67.4. The van der Waals surface area contributed by atoms with E-state index < -0.39 is 53.9 Å². The number of likely N-dealkylation sites (tertiary alicyclic amines) is 1. The third-order valence-electron chi connectivity index (χ3n) is 8.18. The van der Waals surface area contributed by atoms with Crippen molar-refractivity contribution in [3.63, 3.8) is 0 Å². The molecule has 0 saturated carbocycles. The summed E-state index contributed by atoms with van der Waals surface area (Å²) in [5.41, 5.74) is 13.2. The average molecular weight is 637 g/mol. The molecule has 1 aliphatic heterocycles. The number of carbonyl (C=O) groups is 5. The summed E-state index contributed by atoms with van der Waals surface area (Å²) in [7, 11) is 0. The summed E-state index contributed by atoms with van der Waals surface area (Å²) < 4.78 is 0. The van der Waals surface area contributed by atoms with Gasteiger partial charge in [0.2, 0.25) is 23.6 Å². The maximum Gasteiger partial charge on any atom is 0.326 e. The van der Waals surface area contributed by atoms with E-state index in [0.717, 1.165) is 17.5 Å². The fraction of sp³-hybridized carbons (Fsp3) is 0.500. The molecule has 1 fully saturated rings. The Bertz CT molecular complexity index is 1310. The van der Waals surface area contributed by atoms with E-state index in [-0.39, 0.29) is 24.7 Å². The van der Waals surface area contributed by atoms with Crippen LogP contribution < -0.4 is 27.4 Å². The molecular formula is C34H48N6O6. The van der Waals surface area contributed by atoms with Crippen molar-refractivity contribution in [3.05, 3.63) is 71.8 Å². The summed E-state index contributed by atoms with van der Waals surface area (Å²) in [5.74, 6) is -3.59. The van der Waals surface area contributed by atoms with Gasteiger partial charge in [0.05, 0.1) is 6.04 Å². The van der Waals surface area contributed by atoms with Crippen LogP contribution in [0.2, 0.25) is 0 Å². The third kappa shape index (κ3) is 10.7. The van der Waals surface area contributed by atoms with Crippen LogP contribution in [0.5, 0.6) is 0 Å². The topological polar surface area (TPSA) is 197 Å². The lowest BCUT2D eigenvalue weighted by Crippen LogP contribution is -2.59. The molecule has 0 radical (unpaired) electrons. The lowest BCUT2D eigenvalue weighted by Gasteiger charge is -2.30. The van der Waals surface area contributed by atoms with Crippen molar-refractivity contribution in [2.75, 3.05) is 13.1 Å². The van der Waals surface area contributed by atoms with Crippen LogP contribution in [0, 0.1) is 5.92 Å².